The fourth-order valence-corrected chi connectivity index (χ4v) is 6.16. The second kappa shape index (κ2) is 11.0. The number of halogens is 2. The van der Waals surface area contributed by atoms with Gasteiger partial charge in [-0.2, -0.15) is 0 Å². The highest BCUT2D eigenvalue weighted by Crippen LogP contribution is 2.42. The molecule has 1 N–H and O–H groups in total. The van der Waals surface area contributed by atoms with E-state index in [0.717, 1.165) is 52.7 Å². The number of carbonyl (C=O) groups is 1. The molecule has 3 aromatic carbocycles. The molecule has 0 aliphatic carbocycles. The lowest BCUT2D eigenvalue weighted by Gasteiger charge is -2.19. The Kier molecular flexibility index (Phi) is 7.56. The molecule has 0 radical (unpaired) electrons. The van der Waals surface area contributed by atoms with Crippen LogP contribution in [-0.2, 0) is 0 Å². The Morgan fingerprint density at radius 2 is 1.75 bits per heavy atom. The zero-order valence-corrected chi connectivity index (χ0v) is 21.4. The molecular formula is C29H27ClFNO3S. The van der Waals surface area contributed by atoms with Crippen molar-refractivity contribution in [1.82, 2.24) is 4.90 Å². The van der Waals surface area contributed by atoms with Gasteiger partial charge in [-0.3, -0.25) is 9.69 Å². The number of nitrogens with zero attached hydrogens (tertiary/aromatic N) is 1. The van der Waals surface area contributed by atoms with Gasteiger partial charge in [-0.05, 0) is 80.0 Å². The molecule has 4 nitrogen and oxygen atoms in total. The van der Waals surface area contributed by atoms with Crippen molar-refractivity contribution in [3.05, 3.63) is 81.9 Å². The third-order valence-electron chi connectivity index (χ3n) is 6.57. The number of carbonyl (C=O) groups excluding carboxylic acids is 1. The zero-order valence-electron chi connectivity index (χ0n) is 19.8. The van der Waals surface area contributed by atoms with E-state index in [9.17, 15) is 14.3 Å². The summed E-state index contributed by atoms with van der Waals surface area (Å²) < 4.78 is 20.4. The predicted molar refractivity (Wildman–Crippen MR) is 144 cm³/mol. The minimum Gasteiger partial charge on any atom is -0.508 e. The maximum atomic E-state index is 13.6. The summed E-state index contributed by atoms with van der Waals surface area (Å²) in [6.07, 6.45) is 5.14. The van der Waals surface area contributed by atoms with E-state index < -0.39 is 5.82 Å². The number of hydrogen-bond donors (Lipinski definition) is 1. The average molecular weight is 524 g/mol. The molecule has 1 aromatic heterocycles. The van der Waals surface area contributed by atoms with Gasteiger partial charge in [0, 0.05) is 27.8 Å². The van der Waals surface area contributed by atoms with Crippen molar-refractivity contribution in [1.29, 1.82) is 0 Å². The Morgan fingerprint density at radius 3 is 2.47 bits per heavy atom. The summed E-state index contributed by atoms with van der Waals surface area (Å²) in [6, 6.07) is 16.6. The number of phenols is 1. The first-order chi connectivity index (χ1) is 17.5. The fraction of sp³-hybridized carbons (Fsp3) is 0.276. The highest BCUT2D eigenvalue weighted by molar-refractivity contribution is 7.21. The summed E-state index contributed by atoms with van der Waals surface area (Å²) in [6.45, 7) is 3.82. The Labute approximate surface area is 218 Å². The van der Waals surface area contributed by atoms with Gasteiger partial charge in [-0.25, -0.2) is 4.39 Å². The summed E-state index contributed by atoms with van der Waals surface area (Å²) in [4.78, 5) is 16.5. The van der Waals surface area contributed by atoms with Crippen molar-refractivity contribution in [3.63, 3.8) is 0 Å². The van der Waals surface area contributed by atoms with Crippen molar-refractivity contribution in [2.24, 2.45) is 0 Å². The van der Waals surface area contributed by atoms with Gasteiger partial charge in [-0.1, -0.05) is 36.6 Å². The smallest absolute Gasteiger partial charge is 0.205 e. The number of ether oxygens (including phenoxy) is 1. The highest BCUT2D eigenvalue weighted by Gasteiger charge is 2.23. The number of fused-ring (bicyclic) bond motifs is 1. The Morgan fingerprint density at radius 1 is 1.00 bits per heavy atom. The minimum atomic E-state index is -0.496. The fourth-order valence-electron chi connectivity index (χ4n) is 4.70. The van der Waals surface area contributed by atoms with Gasteiger partial charge in [0.15, 0.2) is 0 Å². The Balaban J connectivity index is 1.42. The number of rotatable bonds is 7. The lowest BCUT2D eigenvalue weighted by molar-refractivity contribution is 0.104. The van der Waals surface area contributed by atoms with Crippen LogP contribution in [0.2, 0.25) is 5.02 Å². The molecule has 2 heterocycles. The second-order valence-electron chi connectivity index (χ2n) is 9.07. The molecule has 1 aliphatic heterocycles. The van der Waals surface area contributed by atoms with Crippen molar-refractivity contribution in [3.8, 4) is 22.6 Å². The van der Waals surface area contributed by atoms with E-state index >= 15 is 0 Å². The van der Waals surface area contributed by atoms with Gasteiger partial charge in [-0.15, -0.1) is 11.3 Å². The van der Waals surface area contributed by atoms with Crippen LogP contribution < -0.4 is 4.74 Å². The monoisotopic (exact) mass is 523 g/mol. The molecule has 186 valence electrons. The lowest BCUT2D eigenvalue weighted by atomic mass is 9.98. The average Bonchev–Trinajstić information content (AvgIpc) is 3.03. The second-order valence-corrected chi connectivity index (χ2v) is 10.5. The van der Waals surface area contributed by atoms with Crippen LogP contribution in [0.25, 0.3) is 21.2 Å². The molecule has 7 heteroatoms. The van der Waals surface area contributed by atoms with Crippen molar-refractivity contribution in [2.75, 3.05) is 26.2 Å². The standard InChI is InChI=1S/C29H27ClFNO3S/c30-25-17-20(31)7-11-23(25)28(34)29-27(24-12-8-21(33)18-26(24)36-29)19-5-9-22(10-6-19)35-16-15-32-13-3-1-2-4-14-32/h5-12,17-18,33H,1-4,13-16H2. The van der Waals surface area contributed by atoms with Crippen LogP contribution in [-0.4, -0.2) is 42.0 Å². The summed E-state index contributed by atoms with van der Waals surface area (Å²) >= 11 is 7.50. The van der Waals surface area contributed by atoms with Crippen LogP contribution >= 0.6 is 22.9 Å². The van der Waals surface area contributed by atoms with E-state index in [-0.39, 0.29) is 22.1 Å². The van der Waals surface area contributed by atoms with Gasteiger partial charge in [0.25, 0.3) is 0 Å². The predicted octanol–water partition coefficient (Wildman–Crippen LogP) is 7.55. The van der Waals surface area contributed by atoms with Crippen LogP contribution in [0.15, 0.2) is 60.7 Å². The number of benzene rings is 3. The normalized spacial score (nSPS) is 14.6. The quantitative estimate of drug-likeness (QED) is 0.254. The third-order valence-corrected chi connectivity index (χ3v) is 8.04. The largest absolute Gasteiger partial charge is 0.508 e. The van der Waals surface area contributed by atoms with Gasteiger partial charge >= 0.3 is 0 Å². The van der Waals surface area contributed by atoms with E-state index in [1.54, 1.807) is 12.1 Å². The molecule has 4 aromatic rings. The van der Waals surface area contributed by atoms with Gasteiger partial charge in [0.1, 0.15) is 23.9 Å². The Bertz CT molecular complexity index is 1380. The van der Waals surface area contributed by atoms with Crippen LogP contribution in [0.1, 0.15) is 40.9 Å². The van der Waals surface area contributed by atoms with E-state index in [0.29, 0.717) is 11.5 Å². The number of likely N-dealkylation sites (tertiary alicyclic amines) is 1. The molecule has 5 rings (SSSR count). The lowest BCUT2D eigenvalue weighted by Crippen LogP contribution is -2.29. The first-order valence-electron chi connectivity index (χ1n) is 12.2. The van der Waals surface area contributed by atoms with Crippen LogP contribution in [0, 0.1) is 5.82 Å². The third kappa shape index (κ3) is 5.41. The first kappa shape index (κ1) is 24.8. The van der Waals surface area contributed by atoms with Crippen LogP contribution in [0.3, 0.4) is 0 Å². The number of aromatic hydroxyl groups is 1. The van der Waals surface area contributed by atoms with Gasteiger partial charge in [0.2, 0.25) is 5.78 Å². The molecule has 1 aliphatic rings. The van der Waals surface area contributed by atoms with Crippen molar-refractivity contribution in [2.45, 2.75) is 25.7 Å². The molecule has 0 unspecified atom stereocenters. The number of thiophene rings is 1. The SMILES string of the molecule is O=C(c1ccc(F)cc1Cl)c1sc2cc(O)ccc2c1-c1ccc(OCCN2CCCCCC2)cc1. The minimum absolute atomic E-state index is 0.0689. The maximum Gasteiger partial charge on any atom is 0.205 e. The number of ketones is 1. The maximum absolute atomic E-state index is 13.6. The first-order valence-corrected chi connectivity index (χ1v) is 13.4. The van der Waals surface area contributed by atoms with Gasteiger partial charge < -0.3 is 9.84 Å². The van der Waals surface area contributed by atoms with Crippen LogP contribution in [0.5, 0.6) is 11.5 Å². The Hall–Kier alpha value is -2.93. The molecule has 36 heavy (non-hydrogen) atoms. The summed E-state index contributed by atoms with van der Waals surface area (Å²) in [7, 11) is 0. The highest BCUT2D eigenvalue weighted by atomic mass is 35.5. The van der Waals surface area contributed by atoms with E-state index in [2.05, 4.69) is 4.90 Å². The summed E-state index contributed by atoms with van der Waals surface area (Å²) in [5.41, 5.74) is 1.86. The summed E-state index contributed by atoms with van der Waals surface area (Å²) in [5, 5.41) is 10.9. The number of phenolic OH excluding ortho intramolecular Hbond substituents is 1. The topological polar surface area (TPSA) is 49.8 Å². The van der Waals surface area contributed by atoms with Crippen molar-refractivity contribution >= 4 is 38.8 Å². The van der Waals surface area contributed by atoms with Crippen LogP contribution in [0.4, 0.5) is 4.39 Å². The summed E-state index contributed by atoms with van der Waals surface area (Å²) in [5.74, 6) is 0.125. The molecule has 1 fully saturated rings. The van der Waals surface area contributed by atoms with E-state index in [1.165, 1.54) is 49.2 Å². The molecule has 0 spiro atoms. The molecular weight excluding hydrogens is 497 g/mol. The van der Waals surface area contributed by atoms with E-state index in [1.807, 2.05) is 30.3 Å². The molecule has 0 bridgehead atoms. The molecule has 0 saturated carbocycles. The zero-order chi connectivity index (χ0) is 25.1. The van der Waals surface area contributed by atoms with Crippen molar-refractivity contribution < 1.29 is 19.0 Å². The van der Waals surface area contributed by atoms with E-state index in [4.69, 9.17) is 16.3 Å². The van der Waals surface area contributed by atoms with Gasteiger partial charge in [0.05, 0.1) is 9.90 Å². The molecule has 0 atom stereocenters. The molecule has 0 amide bonds. The molecule has 1 saturated heterocycles. The number of hydrogen-bond acceptors (Lipinski definition) is 5.